The second-order valence-corrected chi connectivity index (χ2v) is 7.48. The molecule has 0 aliphatic carbocycles. The van der Waals surface area contributed by atoms with E-state index in [0.717, 1.165) is 5.12 Å². The van der Waals surface area contributed by atoms with Gasteiger partial charge in [-0.1, -0.05) is 6.07 Å². The summed E-state index contributed by atoms with van der Waals surface area (Å²) in [4.78, 5) is 17.2. The number of methoxy groups -OCH3 is 1. The number of nitrogens with two attached hydrogens (primary N) is 4. The highest BCUT2D eigenvalue weighted by Gasteiger charge is 2.17. The summed E-state index contributed by atoms with van der Waals surface area (Å²) in [7, 11) is 4.66. The first-order valence-corrected chi connectivity index (χ1v) is 10.1. The molecule has 0 radical (unpaired) electrons. The molecule has 0 amide bonds. The summed E-state index contributed by atoms with van der Waals surface area (Å²) in [6.45, 7) is 1.75. The van der Waals surface area contributed by atoms with Crippen LogP contribution in [-0.2, 0) is 7.05 Å². The van der Waals surface area contributed by atoms with Crippen LogP contribution in [0.25, 0.3) is 11.0 Å². The van der Waals surface area contributed by atoms with E-state index >= 15 is 0 Å². The average Bonchev–Trinajstić information content (AvgIpc) is 3.05. The second-order valence-electron chi connectivity index (χ2n) is 7.48. The van der Waals surface area contributed by atoms with Gasteiger partial charge < -0.3 is 32.6 Å². The largest absolute Gasteiger partial charge is 0.494 e. The molecule has 0 fully saturated rings. The van der Waals surface area contributed by atoms with Crippen LogP contribution in [0.15, 0.2) is 57.8 Å². The molecule has 180 valence electrons. The van der Waals surface area contributed by atoms with Gasteiger partial charge in [0.05, 0.1) is 24.0 Å². The molecular weight excluding hydrogens is 438 g/mol. The van der Waals surface area contributed by atoms with Gasteiger partial charge in [0, 0.05) is 25.9 Å². The molecule has 0 bridgehead atoms. The second kappa shape index (κ2) is 9.87. The summed E-state index contributed by atoms with van der Waals surface area (Å²) >= 11 is 0. The number of hydrogen-bond acceptors (Lipinski definition) is 10. The lowest BCUT2D eigenvalue weighted by atomic mass is 10.1. The molecule has 0 saturated heterocycles. The third kappa shape index (κ3) is 5.21. The van der Waals surface area contributed by atoms with E-state index in [1.54, 1.807) is 57.4 Å². The Labute approximate surface area is 195 Å². The van der Waals surface area contributed by atoms with Gasteiger partial charge in [0.15, 0.2) is 17.2 Å². The van der Waals surface area contributed by atoms with Crippen LogP contribution < -0.4 is 44.0 Å². The number of aromatic amines is 1. The summed E-state index contributed by atoms with van der Waals surface area (Å²) in [6.07, 6.45) is 3.27. The number of allylic oxidation sites excluding steroid dienone is 3. The van der Waals surface area contributed by atoms with Crippen molar-refractivity contribution in [3.05, 3.63) is 63.9 Å². The lowest BCUT2D eigenvalue weighted by molar-refractivity contribution is 0.371. The number of para-hydroxylation sites is 1. The zero-order valence-corrected chi connectivity index (χ0v) is 19.4. The monoisotopic (exact) mass is 467 g/mol. The number of anilines is 3. The van der Waals surface area contributed by atoms with Gasteiger partial charge in [-0.3, -0.25) is 14.6 Å². The summed E-state index contributed by atoms with van der Waals surface area (Å²) in [5, 5.41) is 14.6. The number of aromatic nitrogens is 3. The van der Waals surface area contributed by atoms with Crippen LogP contribution in [0, 0.1) is 0 Å². The van der Waals surface area contributed by atoms with E-state index in [2.05, 4.69) is 25.8 Å². The average molecular weight is 468 g/mol. The van der Waals surface area contributed by atoms with E-state index in [0.29, 0.717) is 51.1 Å². The van der Waals surface area contributed by atoms with Crippen LogP contribution >= 0.6 is 0 Å². The lowest BCUT2D eigenvalue weighted by Gasteiger charge is -2.16. The topological polar surface area (TPSA) is 204 Å². The van der Waals surface area contributed by atoms with E-state index in [-0.39, 0.29) is 11.4 Å². The number of rotatable bonds is 8. The number of fused-ring (bicyclic) bond motifs is 1. The fourth-order valence-corrected chi connectivity index (χ4v) is 3.22. The van der Waals surface area contributed by atoms with Gasteiger partial charge in [-0.15, -0.1) is 5.10 Å². The molecule has 3 rings (SSSR count). The first-order valence-electron chi connectivity index (χ1n) is 10.1. The number of hydrazine groups is 1. The fourth-order valence-electron chi connectivity index (χ4n) is 3.22. The number of amidine groups is 1. The number of nitrogens with one attached hydrogen (secondary N) is 3. The predicted octanol–water partition coefficient (Wildman–Crippen LogP) is 0.514. The van der Waals surface area contributed by atoms with E-state index in [9.17, 15) is 4.79 Å². The Kier molecular flexibility index (Phi) is 6.97. The number of H-pyrrole nitrogens is 1. The highest BCUT2D eigenvalue weighted by Crippen LogP contribution is 2.33. The van der Waals surface area contributed by atoms with Gasteiger partial charge in [0.2, 0.25) is 0 Å². The zero-order valence-electron chi connectivity index (χ0n) is 19.4. The first-order chi connectivity index (χ1) is 16.1. The van der Waals surface area contributed by atoms with Gasteiger partial charge in [0.25, 0.3) is 5.56 Å². The Morgan fingerprint density at radius 1 is 1.26 bits per heavy atom. The van der Waals surface area contributed by atoms with Crippen LogP contribution in [0.2, 0.25) is 0 Å². The number of hydrazone groups is 1. The zero-order chi connectivity index (χ0) is 25.0. The van der Waals surface area contributed by atoms with Crippen molar-refractivity contribution in [2.75, 3.05) is 24.8 Å². The minimum Gasteiger partial charge on any atom is -0.494 e. The number of ether oxygens (including phenoxy) is 1. The number of benzene rings is 1. The molecule has 1 aromatic carbocycles. The van der Waals surface area contributed by atoms with Crippen molar-refractivity contribution < 1.29 is 4.74 Å². The Morgan fingerprint density at radius 2 is 2.00 bits per heavy atom. The van der Waals surface area contributed by atoms with E-state index in [1.807, 2.05) is 0 Å². The van der Waals surface area contributed by atoms with Gasteiger partial charge in [0.1, 0.15) is 17.0 Å². The third-order valence-corrected chi connectivity index (χ3v) is 4.64. The van der Waals surface area contributed by atoms with E-state index < -0.39 is 0 Å². The van der Waals surface area contributed by atoms with E-state index in [1.165, 1.54) is 11.8 Å². The van der Waals surface area contributed by atoms with Crippen LogP contribution in [0.3, 0.4) is 0 Å². The van der Waals surface area contributed by atoms with Crippen molar-refractivity contribution in [3.8, 4) is 5.75 Å². The maximum absolute atomic E-state index is 12.8. The highest BCUT2D eigenvalue weighted by molar-refractivity contribution is 6.02. The van der Waals surface area contributed by atoms with Crippen LogP contribution in [0.5, 0.6) is 5.75 Å². The van der Waals surface area contributed by atoms with Crippen molar-refractivity contribution in [1.29, 1.82) is 0 Å². The number of pyridine rings is 1. The summed E-state index contributed by atoms with van der Waals surface area (Å²) in [6, 6.07) is 6.96. The standard InChI is InChI=1S/C21H29N11O2/c1-11(22)8-9-15(23)27-16-10-14(17-20(28-16)30-31(2)21(17)33)26-13-7-5-6-12(18(13)34-4)19(24)29-32(3)25/h5-10H,22-23,25H2,1-4H3,(H2,24,29)(H3,26,27,28,30)/b11-8-,15-9+. The minimum atomic E-state index is -0.261. The van der Waals surface area contributed by atoms with Crippen molar-refractivity contribution in [2.45, 2.75) is 6.92 Å². The molecule has 2 aromatic heterocycles. The summed E-state index contributed by atoms with van der Waals surface area (Å²) < 4.78 is 6.93. The molecule has 0 unspecified atom stereocenters. The smallest absolute Gasteiger partial charge is 0.277 e. The Hall–Kier alpha value is -4.65. The maximum atomic E-state index is 12.8. The molecule has 11 N–H and O–H groups in total. The Balaban J connectivity index is 2.12. The highest BCUT2D eigenvalue weighted by atomic mass is 16.5. The van der Waals surface area contributed by atoms with Gasteiger partial charge >= 0.3 is 0 Å². The van der Waals surface area contributed by atoms with Crippen LogP contribution in [-0.4, -0.2) is 39.9 Å². The molecule has 0 aliphatic heterocycles. The quantitative estimate of drug-likeness (QED) is 0.0803. The Morgan fingerprint density at radius 3 is 2.65 bits per heavy atom. The van der Waals surface area contributed by atoms with E-state index in [4.69, 9.17) is 27.8 Å². The van der Waals surface area contributed by atoms with Crippen LogP contribution in [0.1, 0.15) is 12.5 Å². The number of hydrogen-bond donors (Lipinski definition) is 7. The normalized spacial score (nSPS) is 12.7. The molecule has 3 aromatic rings. The molecule has 13 nitrogen and oxygen atoms in total. The molecule has 0 atom stereocenters. The van der Waals surface area contributed by atoms with Gasteiger partial charge in [-0.2, -0.15) is 0 Å². The van der Waals surface area contributed by atoms with Gasteiger partial charge in [-0.05, 0) is 31.2 Å². The summed E-state index contributed by atoms with van der Waals surface area (Å²) in [5.74, 6) is 6.88. The van der Waals surface area contributed by atoms with Crippen molar-refractivity contribution in [3.63, 3.8) is 0 Å². The number of aryl methyl sites for hydroxylation is 1. The fraction of sp³-hybridized carbons (Fsp3) is 0.190. The van der Waals surface area contributed by atoms with Crippen molar-refractivity contribution in [1.82, 2.24) is 19.9 Å². The molecule has 13 heteroatoms. The SMILES string of the molecule is COc1c(Nc2cc(N/C(N)=C/C=C(/C)N)nc3[nH]n(C)c(=O)c23)cccc1/C(N)=N/N(C)N. The molecule has 34 heavy (non-hydrogen) atoms. The molecule has 0 saturated carbocycles. The molecular formula is C21H29N11O2. The minimum absolute atomic E-state index is 0.159. The van der Waals surface area contributed by atoms with Crippen molar-refractivity contribution >= 4 is 34.1 Å². The Bertz CT molecular complexity index is 1340. The van der Waals surface area contributed by atoms with Gasteiger partial charge in [-0.25, -0.2) is 15.9 Å². The summed E-state index contributed by atoms with van der Waals surface area (Å²) in [5.41, 5.74) is 20.0. The molecule has 0 spiro atoms. The predicted molar refractivity (Wildman–Crippen MR) is 134 cm³/mol. The molecule has 0 aliphatic rings. The maximum Gasteiger partial charge on any atom is 0.277 e. The van der Waals surface area contributed by atoms with Crippen LogP contribution in [0.4, 0.5) is 17.2 Å². The third-order valence-electron chi connectivity index (χ3n) is 4.64. The van der Waals surface area contributed by atoms with Crippen molar-refractivity contribution in [2.24, 2.45) is 35.2 Å². The lowest BCUT2D eigenvalue weighted by Crippen LogP contribution is -2.26. The first kappa shape index (κ1) is 24.0. The number of nitrogens with zero attached hydrogens (tertiary/aromatic N) is 4. The molecule has 2 heterocycles.